The van der Waals surface area contributed by atoms with Gasteiger partial charge in [0.2, 0.25) is 0 Å². The third-order valence-corrected chi connectivity index (χ3v) is 3.68. The van der Waals surface area contributed by atoms with E-state index in [4.69, 9.17) is 0 Å². The SMILES string of the molecule is Cc1cc(C)c(C(=O)N(C)Cc2ccccc2)cc1C. The molecule has 0 aliphatic heterocycles. The zero-order chi connectivity index (χ0) is 14.7. The first kappa shape index (κ1) is 14.3. The molecule has 0 aliphatic carbocycles. The third-order valence-electron chi connectivity index (χ3n) is 3.68. The molecule has 0 spiro atoms. The van der Waals surface area contributed by atoms with Gasteiger partial charge in [0.1, 0.15) is 0 Å². The molecule has 2 heteroatoms. The molecule has 0 saturated heterocycles. The van der Waals surface area contributed by atoms with Gasteiger partial charge in [-0.2, -0.15) is 0 Å². The third kappa shape index (κ3) is 3.08. The summed E-state index contributed by atoms with van der Waals surface area (Å²) < 4.78 is 0. The van der Waals surface area contributed by atoms with Crippen molar-refractivity contribution in [3.8, 4) is 0 Å². The lowest BCUT2D eigenvalue weighted by atomic mass is 10.00. The van der Waals surface area contributed by atoms with E-state index in [2.05, 4.69) is 13.0 Å². The average molecular weight is 267 g/mol. The van der Waals surface area contributed by atoms with Crippen LogP contribution in [0.3, 0.4) is 0 Å². The molecule has 2 nitrogen and oxygen atoms in total. The largest absolute Gasteiger partial charge is 0.337 e. The topological polar surface area (TPSA) is 20.3 Å². The quantitative estimate of drug-likeness (QED) is 0.826. The first-order valence-corrected chi connectivity index (χ1v) is 6.86. The standard InChI is InChI=1S/C18H21NO/c1-13-10-15(3)17(11-14(13)2)18(20)19(4)12-16-8-6-5-7-9-16/h5-11H,12H2,1-4H3. The molecule has 0 unspecified atom stereocenters. The fourth-order valence-corrected chi connectivity index (χ4v) is 2.33. The van der Waals surface area contributed by atoms with Crippen LogP contribution in [0.25, 0.3) is 0 Å². The maximum absolute atomic E-state index is 12.6. The molecule has 0 radical (unpaired) electrons. The maximum Gasteiger partial charge on any atom is 0.254 e. The summed E-state index contributed by atoms with van der Waals surface area (Å²) in [5.74, 6) is 0.0782. The van der Waals surface area contributed by atoms with Crippen LogP contribution in [-0.2, 0) is 6.54 Å². The number of carbonyl (C=O) groups is 1. The molecule has 1 amide bonds. The lowest BCUT2D eigenvalue weighted by Crippen LogP contribution is -2.27. The van der Waals surface area contributed by atoms with E-state index >= 15 is 0 Å². The van der Waals surface area contributed by atoms with Crippen molar-refractivity contribution in [2.75, 3.05) is 7.05 Å². The van der Waals surface area contributed by atoms with Crippen LogP contribution in [0.15, 0.2) is 42.5 Å². The molecule has 0 bridgehead atoms. The highest BCUT2D eigenvalue weighted by Gasteiger charge is 2.15. The Morgan fingerprint density at radius 2 is 1.55 bits per heavy atom. The zero-order valence-corrected chi connectivity index (χ0v) is 12.6. The molecule has 0 aliphatic rings. The van der Waals surface area contributed by atoms with Gasteiger partial charge in [0.05, 0.1) is 0 Å². The van der Waals surface area contributed by atoms with E-state index in [1.165, 1.54) is 5.56 Å². The van der Waals surface area contributed by atoms with Gasteiger partial charge in [-0.05, 0) is 49.1 Å². The fraction of sp³-hybridized carbons (Fsp3) is 0.278. The van der Waals surface area contributed by atoms with Crippen LogP contribution in [0.5, 0.6) is 0 Å². The van der Waals surface area contributed by atoms with Gasteiger partial charge in [0.15, 0.2) is 0 Å². The van der Waals surface area contributed by atoms with Crippen LogP contribution in [0.4, 0.5) is 0 Å². The molecule has 0 saturated carbocycles. The molecule has 2 aromatic rings. The van der Waals surface area contributed by atoms with Crippen LogP contribution >= 0.6 is 0 Å². The van der Waals surface area contributed by atoms with Crippen molar-refractivity contribution in [1.82, 2.24) is 4.90 Å². The summed E-state index contributed by atoms with van der Waals surface area (Å²) >= 11 is 0. The van der Waals surface area contributed by atoms with Crippen LogP contribution in [0.1, 0.15) is 32.6 Å². The summed E-state index contributed by atoms with van der Waals surface area (Å²) in [5.41, 5.74) is 5.37. The summed E-state index contributed by atoms with van der Waals surface area (Å²) in [6.07, 6.45) is 0. The highest BCUT2D eigenvalue weighted by Crippen LogP contribution is 2.17. The van der Waals surface area contributed by atoms with E-state index in [1.807, 2.05) is 57.3 Å². The van der Waals surface area contributed by atoms with E-state index in [9.17, 15) is 4.79 Å². The molecule has 20 heavy (non-hydrogen) atoms. The molecular weight excluding hydrogens is 246 g/mol. The van der Waals surface area contributed by atoms with Gasteiger partial charge in [-0.1, -0.05) is 36.4 Å². The zero-order valence-electron chi connectivity index (χ0n) is 12.6. The van der Waals surface area contributed by atoms with Crippen LogP contribution in [0.2, 0.25) is 0 Å². The minimum atomic E-state index is 0.0782. The predicted octanol–water partition coefficient (Wildman–Crippen LogP) is 3.88. The second kappa shape index (κ2) is 5.91. The van der Waals surface area contributed by atoms with E-state index in [0.717, 1.165) is 22.3 Å². The number of rotatable bonds is 3. The molecule has 104 valence electrons. The van der Waals surface area contributed by atoms with Crippen molar-refractivity contribution in [3.63, 3.8) is 0 Å². The Balaban J connectivity index is 2.21. The smallest absolute Gasteiger partial charge is 0.254 e. The Hall–Kier alpha value is -2.09. The van der Waals surface area contributed by atoms with Gasteiger partial charge in [-0.15, -0.1) is 0 Å². The Labute approximate surface area is 121 Å². The molecular formula is C18H21NO. The van der Waals surface area contributed by atoms with E-state index in [1.54, 1.807) is 4.90 Å². The van der Waals surface area contributed by atoms with Gasteiger partial charge < -0.3 is 4.90 Å². The van der Waals surface area contributed by atoms with Gasteiger partial charge >= 0.3 is 0 Å². The second-order valence-electron chi connectivity index (χ2n) is 5.40. The van der Waals surface area contributed by atoms with Crippen LogP contribution in [0, 0.1) is 20.8 Å². The Morgan fingerprint density at radius 1 is 0.950 bits per heavy atom. The van der Waals surface area contributed by atoms with Gasteiger partial charge in [-0.3, -0.25) is 4.79 Å². The Kier molecular flexibility index (Phi) is 4.23. The van der Waals surface area contributed by atoms with Crippen LogP contribution < -0.4 is 0 Å². The lowest BCUT2D eigenvalue weighted by Gasteiger charge is -2.19. The number of hydrogen-bond acceptors (Lipinski definition) is 1. The van der Waals surface area contributed by atoms with E-state index < -0.39 is 0 Å². The lowest BCUT2D eigenvalue weighted by molar-refractivity contribution is 0.0784. The van der Waals surface area contributed by atoms with E-state index in [-0.39, 0.29) is 5.91 Å². The van der Waals surface area contributed by atoms with Crippen molar-refractivity contribution in [2.45, 2.75) is 27.3 Å². The predicted molar refractivity (Wildman–Crippen MR) is 82.9 cm³/mol. The van der Waals surface area contributed by atoms with Gasteiger partial charge in [0.25, 0.3) is 5.91 Å². The highest BCUT2D eigenvalue weighted by atomic mass is 16.2. The average Bonchev–Trinajstić information content (AvgIpc) is 2.43. The summed E-state index contributed by atoms with van der Waals surface area (Å²) in [6, 6.07) is 14.1. The molecule has 2 aromatic carbocycles. The van der Waals surface area contributed by atoms with Gasteiger partial charge in [-0.25, -0.2) is 0 Å². The minimum absolute atomic E-state index is 0.0782. The second-order valence-corrected chi connectivity index (χ2v) is 5.40. The summed E-state index contributed by atoms with van der Waals surface area (Å²) in [6.45, 7) is 6.75. The van der Waals surface area contributed by atoms with Gasteiger partial charge in [0, 0.05) is 19.2 Å². The van der Waals surface area contributed by atoms with Crippen LogP contribution in [-0.4, -0.2) is 17.9 Å². The number of nitrogens with zero attached hydrogens (tertiary/aromatic N) is 1. The van der Waals surface area contributed by atoms with Crippen molar-refractivity contribution in [3.05, 3.63) is 70.3 Å². The van der Waals surface area contributed by atoms with Crippen molar-refractivity contribution >= 4 is 5.91 Å². The first-order valence-electron chi connectivity index (χ1n) is 6.86. The molecule has 0 aromatic heterocycles. The Bertz CT molecular complexity index is 617. The molecule has 0 atom stereocenters. The highest BCUT2D eigenvalue weighted by molar-refractivity contribution is 5.95. The molecule has 0 heterocycles. The molecule has 2 rings (SSSR count). The first-order chi connectivity index (χ1) is 9.49. The molecule has 0 fully saturated rings. The summed E-state index contributed by atoms with van der Waals surface area (Å²) in [7, 11) is 1.85. The monoisotopic (exact) mass is 267 g/mol. The van der Waals surface area contributed by atoms with Crippen molar-refractivity contribution in [2.24, 2.45) is 0 Å². The number of carbonyl (C=O) groups excluding carboxylic acids is 1. The summed E-state index contributed by atoms with van der Waals surface area (Å²) in [5, 5.41) is 0. The fourth-order valence-electron chi connectivity index (χ4n) is 2.33. The number of hydrogen-bond donors (Lipinski definition) is 0. The minimum Gasteiger partial charge on any atom is -0.337 e. The maximum atomic E-state index is 12.6. The number of benzene rings is 2. The summed E-state index contributed by atoms with van der Waals surface area (Å²) in [4.78, 5) is 14.3. The van der Waals surface area contributed by atoms with Crippen molar-refractivity contribution < 1.29 is 4.79 Å². The number of amides is 1. The van der Waals surface area contributed by atoms with E-state index in [0.29, 0.717) is 6.54 Å². The number of aryl methyl sites for hydroxylation is 3. The van der Waals surface area contributed by atoms with Crippen molar-refractivity contribution in [1.29, 1.82) is 0 Å². The Morgan fingerprint density at radius 3 is 2.20 bits per heavy atom. The normalized spacial score (nSPS) is 10.4. The molecule has 0 N–H and O–H groups in total.